The van der Waals surface area contributed by atoms with Gasteiger partial charge in [-0.15, -0.1) is 0 Å². The first-order valence-electron chi connectivity index (χ1n) is 5.82. The second-order valence-corrected chi connectivity index (χ2v) is 4.33. The lowest BCUT2D eigenvalue weighted by Crippen LogP contribution is -2.06. The van der Waals surface area contributed by atoms with Gasteiger partial charge in [0, 0.05) is 11.3 Å². The van der Waals surface area contributed by atoms with Gasteiger partial charge in [0.2, 0.25) is 0 Å². The third-order valence-corrected chi connectivity index (χ3v) is 2.77. The number of alkyl halides is 3. The summed E-state index contributed by atoms with van der Waals surface area (Å²) in [6, 6.07) is 4.70. The van der Waals surface area contributed by atoms with Crippen molar-refractivity contribution < 1.29 is 13.2 Å². The molecule has 0 saturated heterocycles. The fraction of sp³-hybridized carbons (Fsp3) is 0.231. The van der Waals surface area contributed by atoms with Gasteiger partial charge in [0.25, 0.3) is 0 Å². The van der Waals surface area contributed by atoms with E-state index in [0.717, 1.165) is 12.1 Å². The third-order valence-electron chi connectivity index (χ3n) is 2.77. The van der Waals surface area contributed by atoms with Crippen molar-refractivity contribution in [2.75, 3.05) is 11.1 Å². The van der Waals surface area contributed by atoms with Crippen molar-refractivity contribution in [1.29, 1.82) is 0 Å². The highest BCUT2D eigenvalue weighted by Crippen LogP contribution is 2.30. The van der Waals surface area contributed by atoms with Crippen LogP contribution in [0.3, 0.4) is 0 Å². The monoisotopic (exact) mass is 282 g/mol. The molecule has 0 atom stereocenters. The molecule has 7 heteroatoms. The van der Waals surface area contributed by atoms with Gasteiger partial charge >= 0.3 is 6.18 Å². The van der Waals surface area contributed by atoms with Gasteiger partial charge in [0.15, 0.2) is 0 Å². The number of halogens is 3. The number of nitrogens with two attached hydrogens (primary N) is 1. The van der Waals surface area contributed by atoms with E-state index in [1.54, 1.807) is 13.8 Å². The average molecular weight is 282 g/mol. The third kappa shape index (κ3) is 2.98. The first kappa shape index (κ1) is 14.1. The Balaban J connectivity index is 2.27. The Morgan fingerprint density at radius 2 is 1.65 bits per heavy atom. The Morgan fingerprint density at radius 3 is 2.20 bits per heavy atom. The van der Waals surface area contributed by atoms with E-state index < -0.39 is 11.7 Å². The summed E-state index contributed by atoms with van der Waals surface area (Å²) in [4.78, 5) is 8.18. The minimum absolute atomic E-state index is 0.340. The number of nitrogen functional groups attached to an aromatic ring is 1. The molecule has 1 heterocycles. The summed E-state index contributed by atoms with van der Waals surface area (Å²) in [5.74, 6) is 1.31. The van der Waals surface area contributed by atoms with Crippen molar-refractivity contribution in [2.24, 2.45) is 0 Å². The van der Waals surface area contributed by atoms with Gasteiger partial charge in [-0.25, -0.2) is 9.97 Å². The highest BCUT2D eigenvalue weighted by atomic mass is 19.4. The van der Waals surface area contributed by atoms with Crippen LogP contribution >= 0.6 is 0 Å². The summed E-state index contributed by atoms with van der Waals surface area (Å²) in [6.07, 6.45) is -4.34. The van der Waals surface area contributed by atoms with Crippen molar-refractivity contribution in [2.45, 2.75) is 20.0 Å². The number of nitrogens with zero attached hydrogens (tertiary/aromatic N) is 2. The number of rotatable bonds is 2. The Morgan fingerprint density at radius 1 is 1.05 bits per heavy atom. The first-order valence-corrected chi connectivity index (χ1v) is 5.82. The van der Waals surface area contributed by atoms with Crippen LogP contribution in [0.15, 0.2) is 24.3 Å². The van der Waals surface area contributed by atoms with Gasteiger partial charge in [-0.1, -0.05) is 0 Å². The van der Waals surface area contributed by atoms with Crippen molar-refractivity contribution in [3.8, 4) is 0 Å². The molecule has 0 aliphatic heterocycles. The molecule has 2 aromatic rings. The molecule has 2 rings (SSSR count). The molecule has 4 nitrogen and oxygen atoms in total. The van der Waals surface area contributed by atoms with E-state index in [-0.39, 0.29) is 0 Å². The van der Waals surface area contributed by atoms with Crippen LogP contribution in [-0.4, -0.2) is 9.97 Å². The van der Waals surface area contributed by atoms with Gasteiger partial charge in [-0.2, -0.15) is 13.2 Å². The lowest BCUT2D eigenvalue weighted by Gasteiger charge is -2.12. The van der Waals surface area contributed by atoms with Crippen LogP contribution in [0, 0.1) is 13.8 Å². The number of aryl methyl sites for hydroxylation is 1. The molecule has 0 unspecified atom stereocenters. The maximum atomic E-state index is 12.5. The molecule has 3 N–H and O–H groups in total. The van der Waals surface area contributed by atoms with Crippen molar-refractivity contribution in [3.63, 3.8) is 0 Å². The van der Waals surface area contributed by atoms with E-state index in [4.69, 9.17) is 5.73 Å². The normalized spacial score (nSPS) is 11.4. The minimum Gasteiger partial charge on any atom is -0.383 e. The van der Waals surface area contributed by atoms with E-state index in [1.807, 2.05) is 0 Å². The number of hydrogen-bond donors (Lipinski definition) is 2. The molecule has 0 radical (unpaired) electrons. The maximum Gasteiger partial charge on any atom is 0.416 e. The molecular weight excluding hydrogens is 269 g/mol. The van der Waals surface area contributed by atoms with Crippen molar-refractivity contribution >= 4 is 17.3 Å². The molecule has 106 valence electrons. The Hall–Kier alpha value is -2.31. The summed E-state index contributed by atoms with van der Waals surface area (Å²) in [5, 5.41) is 2.93. The number of anilines is 3. The Labute approximate surface area is 113 Å². The van der Waals surface area contributed by atoms with Crippen molar-refractivity contribution in [3.05, 3.63) is 41.2 Å². The molecule has 1 aromatic heterocycles. The predicted octanol–water partition coefficient (Wildman–Crippen LogP) is 3.44. The van der Waals surface area contributed by atoms with Crippen LogP contribution in [0.5, 0.6) is 0 Å². The zero-order valence-electron chi connectivity index (χ0n) is 10.9. The summed E-state index contributed by atoms with van der Waals surface area (Å²) in [6.45, 7) is 3.43. The smallest absolute Gasteiger partial charge is 0.383 e. The minimum atomic E-state index is -4.34. The lowest BCUT2D eigenvalue weighted by molar-refractivity contribution is -0.137. The standard InChI is InChI=1S/C13H13F3N4/c1-7-11(17)18-8(2)19-12(7)20-10-5-3-9(4-6-10)13(14,15)16/h3-6H,1-2H3,(H3,17,18,19,20). The lowest BCUT2D eigenvalue weighted by atomic mass is 10.2. The highest BCUT2D eigenvalue weighted by molar-refractivity contribution is 5.63. The molecule has 0 saturated carbocycles. The van der Waals surface area contributed by atoms with Crippen molar-refractivity contribution in [1.82, 2.24) is 9.97 Å². The van der Waals surface area contributed by atoms with Crippen LogP contribution < -0.4 is 11.1 Å². The Bertz CT molecular complexity index is 621. The number of aromatic nitrogens is 2. The molecule has 20 heavy (non-hydrogen) atoms. The quantitative estimate of drug-likeness (QED) is 0.885. The predicted molar refractivity (Wildman–Crippen MR) is 70.6 cm³/mol. The summed E-state index contributed by atoms with van der Waals surface area (Å²) in [7, 11) is 0. The van der Waals surface area contributed by atoms with Crippen LogP contribution in [-0.2, 0) is 6.18 Å². The van der Waals surface area contributed by atoms with E-state index >= 15 is 0 Å². The summed E-state index contributed by atoms with van der Waals surface area (Å²) in [5.41, 5.74) is 6.17. The molecule has 0 aliphatic rings. The van der Waals surface area contributed by atoms with E-state index in [1.165, 1.54) is 12.1 Å². The van der Waals surface area contributed by atoms with Gasteiger partial charge < -0.3 is 11.1 Å². The van der Waals surface area contributed by atoms with Gasteiger partial charge in [-0.3, -0.25) is 0 Å². The van der Waals surface area contributed by atoms with Crippen LogP contribution in [0.25, 0.3) is 0 Å². The molecule has 0 fully saturated rings. The number of hydrogen-bond acceptors (Lipinski definition) is 4. The van der Waals surface area contributed by atoms with Gasteiger partial charge in [0.1, 0.15) is 17.5 Å². The largest absolute Gasteiger partial charge is 0.416 e. The number of nitrogens with one attached hydrogen (secondary N) is 1. The molecule has 0 amide bonds. The molecule has 0 spiro atoms. The number of benzene rings is 1. The molecule has 0 bridgehead atoms. The highest BCUT2D eigenvalue weighted by Gasteiger charge is 2.29. The Kier molecular flexibility index (Phi) is 3.52. The van der Waals surface area contributed by atoms with E-state index in [9.17, 15) is 13.2 Å². The van der Waals surface area contributed by atoms with Gasteiger partial charge in [0.05, 0.1) is 5.56 Å². The SMILES string of the molecule is Cc1nc(N)c(C)c(Nc2ccc(C(F)(F)F)cc2)n1. The maximum absolute atomic E-state index is 12.5. The second-order valence-electron chi connectivity index (χ2n) is 4.33. The summed E-state index contributed by atoms with van der Waals surface area (Å²) >= 11 is 0. The average Bonchev–Trinajstić information content (AvgIpc) is 2.35. The zero-order valence-corrected chi connectivity index (χ0v) is 10.9. The molecule has 0 aliphatic carbocycles. The van der Waals surface area contributed by atoms with E-state index in [2.05, 4.69) is 15.3 Å². The van der Waals surface area contributed by atoms with E-state index in [0.29, 0.717) is 28.7 Å². The fourth-order valence-electron chi connectivity index (χ4n) is 1.65. The first-order chi connectivity index (χ1) is 9.27. The molecule has 1 aromatic carbocycles. The van der Waals surface area contributed by atoms with Crippen LogP contribution in [0.1, 0.15) is 17.0 Å². The summed E-state index contributed by atoms with van der Waals surface area (Å²) < 4.78 is 37.4. The van der Waals surface area contributed by atoms with Gasteiger partial charge in [-0.05, 0) is 38.1 Å². The topological polar surface area (TPSA) is 63.8 Å². The van der Waals surface area contributed by atoms with Crippen LogP contribution in [0.2, 0.25) is 0 Å². The molecular formula is C13H13F3N4. The van der Waals surface area contributed by atoms with Crippen LogP contribution in [0.4, 0.5) is 30.5 Å². The zero-order chi connectivity index (χ0) is 14.9. The fourth-order valence-corrected chi connectivity index (χ4v) is 1.65. The second kappa shape index (κ2) is 4.99.